The molecule has 1 fully saturated rings. The minimum atomic E-state index is -1.01. The summed E-state index contributed by atoms with van der Waals surface area (Å²) in [7, 11) is 4.74. The summed E-state index contributed by atoms with van der Waals surface area (Å²) in [5, 5.41) is 0. The van der Waals surface area contributed by atoms with E-state index in [1.807, 2.05) is 12.2 Å². The van der Waals surface area contributed by atoms with Crippen LogP contribution in [0.4, 0.5) is 0 Å². The summed E-state index contributed by atoms with van der Waals surface area (Å²) in [6.45, 7) is 3.83. The van der Waals surface area contributed by atoms with Crippen LogP contribution in [0.15, 0.2) is 12.2 Å². The third-order valence-electron chi connectivity index (χ3n) is 4.11. The zero-order chi connectivity index (χ0) is 14.8. The number of hydrogen-bond donors (Lipinski definition) is 0. The van der Waals surface area contributed by atoms with E-state index in [4.69, 9.17) is 28.4 Å². The van der Waals surface area contributed by atoms with E-state index in [1.54, 1.807) is 35.2 Å². The Balaban J connectivity index is 2.20. The molecule has 2 aliphatic rings. The molecule has 6 heteroatoms. The van der Waals surface area contributed by atoms with Crippen molar-refractivity contribution in [3.05, 3.63) is 12.2 Å². The van der Waals surface area contributed by atoms with Crippen molar-refractivity contribution in [2.24, 2.45) is 0 Å². The molecule has 0 spiro atoms. The number of hydrogen-bond acceptors (Lipinski definition) is 6. The molecular formula is C14H24O6. The predicted octanol–water partition coefficient (Wildman–Crippen LogP) is 1.44. The molecule has 2 rings (SSSR count). The van der Waals surface area contributed by atoms with Crippen molar-refractivity contribution < 1.29 is 28.4 Å². The molecule has 0 aromatic rings. The highest BCUT2D eigenvalue weighted by Gasteiger charge is 2.58. The Morgan fingerprint density at radius 3 is 2.35 bits per heavy atom. The number of ether oxygens (including phenoxy) is 6. The summed E-state index contributed by atoms with van der Waals surface area (Å²) in [6, 6.07) is 0. The first-order valence-corrected chi connectivity index (χ1v) is 6.73. The molecule has 0 amide bonds. The highest BCUT2D eigenvalue weighted by molar-refractivity contribution is 5.08. The molecule has 0 N–H and O–H groups in total. The van der Waals surface area contributed by atoms with Crippen molar-refractivity contribution in [3.63, 3.8) is 0 Å². The second-order valence-corrected chi connectivity index (χ2v) is 5.24. The molecule has 1 aliphatic carbocycles. The first-order valence-electron chi connectivity index (χ1n) is 6.73. The van der Waals surface area contributed by atoms with Gasteiger partial charge in [0.2, 0.25) is 11.6 Å². The summed E-state index contributed by atoms with van der Waals surface area (Å²) >= 11 is 0. The average molecular weight is 288 g/mol. The Kier molecular flexibility index (Phi) is 4.84. The lowest BCUT2D eigenvalue weighted by molar-refractivity contribution is -0.450. The van der Waals surface area contributed by atoms with E-state index in [9.17, 15) is 0 Å². The van der Waals surface area contributed by atoms with E-state index in [1.165, 1.54) is 0 Å². The number of fused-ring (bicyclic) bond motifs is 1. The molecule has 1 aliphatic heterocycles. The lowest BCUT2D eigenvalue weighted by Crippen LogP contribution is -2.67. The third kappa shape index (κ3) is 2.64. The summed E-state index contributed by atoms with van der Waals surface area (Å²) in [5.41, 5.74) is 0. The fourth-order valence-electron chi connectivity index (χ4n) is 2.57. The van der Waals surface area contributed by atoms with Crippen LogP contribution in [0.1, 0.15) is 20.3 Å². The second kappa shape index (κ2) is 6.09. The van der Waals surface area contributed by atoms with Crippen molar-refractivity contribution in [3.8, 4) is 0 Å². The average Bonchev–Trinajstić information content (AvgIpc) is 2.46. The number of rotatable bonds is 5. The van der Waals surface area contributed by atoms with Gasteiger partial charge >= 0.3 is 0 Å². The fraction of sp³-hybridized carbons (Fsp3) is 0.857. The van der Waals surface area contributed by atoms with E-state index in [2.05, 4.69) is 0 Å². The molecule has 1 heterocycles. The quantitative estimate of drug-likeness (QED) is 0.564. The summed E-state index contributed by atoms with van der Waals surface area (Å²) in [4.78, 5) is 0. The Morgan fingerprint density at radius 1 is 1.10 bits per heavy atom. The molecule has 6 nitrogen and oxygen atoms in total. The van der Waals surface area contributed by atoms with Crippen LogP contribution in [0.2, 0.25) is 0 Å². The summed E-state index contributed by atoms with van der Waals surface area (Å²) in [5.74, 6) is -2.00. The van der Waals surface area contributed by atoms with Crippen molar-refractivity contribution in [2.75, 3.05) is 28.1 Å². The van der Waals surface area contributed by atoms with Crippen molar-refractivity contribution in [1.29, 1.82) is 0 Å². The second-order valence-electron chi connectivity index (χ2n) is 5.24. The van der Waals surface area contributed by atoms with Crippen LogP contribution in [0.5, 0.6) is 0 Å². The van der Waals surface area contributed by atoms with E-state index < -0.39 is 11.6 Å². The molecule has 0 radical (unpaired) electrons. The minimum Gasteiger partial charge on any atom is -0.359 e. The van der Waals surface area contributed by atoms with Gasteiger partial charge in [-0.3, -0.25) is 0 Å². The van der Waals surface area contributed by atoms with Gasteiger partial charge in [0.25, 0.3) is 0 Å². The van der Waals surface area contributed by atoms with E-state index >= 15 is 0 Å². The molecular weight excluding hydrogens is 264 g/mol. The monoisotopic (exact) mass is 288 g/mol. The zero-order valence-electron chi connectivity index (χ0n) is 12.8. The van der Waals surface area contributed by atoms with E-state index in [0.717, 1.165) is 6.42 Å². The first kappa shape index (κ1) is 15.9. The topological polar surface area (TPSA) is 55.4 Å². The van der Waals surface area contributed by atoms with Crippen LogP contribution in [0.25, 0.3) is 0 Å². The molecule has 0 saturated carbocycles. The highest BCUT2D eigenvalue weighted by Crippen LogP contribution is 2.42. The van der Waals surface area contributed by atoms with Gasteiger partial charge in [0, 0.05) is 21.3 Å². The molecule has 0 aromatic carbocycles. The standard InChI is InChI=1S/C14H24O6/c1-13(16-4)14(2,17-5)20-12-10(18-9-15-3)7-6-8-11(12)19-13/h6,8,10-12H,7,9H2,1-5H3/t10-,11-,12+,13-,14-/m1/s1. The lowest BCUT2D eigenvalue weighted by Gasteiger charge is -2.53. The Morgan fingerprint density at radius 2 is 1.75 bits per heavy atom. The minimum absolute atomic E-state index is 0.138. The van der Waals surface area contributed by atoms with Gasteiger partial charge < -0.3 is 28.4 Å². The van der Waals surface area contributed by atoms with E-state index in [-0.39, 0.29) is 25.1 Å². The van der Waals surface area contributed by atoms with Gasteiger partial charge in [-0.1, -0.05) is 12.2 Å². The largest absolute Gasteiger partial charge is 0.359 e. The van der Waals surface area contributed by atoms with E-state index in [0.29, 0.717) is 0 Å². The first-order chi connectivity index (χ1) is 9.49. The smallest absolute Gasteiger partial charge is 0.220 e. The molecule has 20 heavy (non-hydrogen) atoms. The van der Waals surface area contributed by atoms with Crippen molar-refractivity contribution >= 4 is 0 Å². The Hall–Kier alpha value is -0.500. The predicted molar refractivity (Wildman–Crippen MR) is 71.1 cm³/mol. The maximum atomic E-state index is 6.14. The molecule has 5 atom stereocenters. The van der Waals surface area contributed by atoms with Gasteiger partial charge in [-0.05, 0) is 20.3 Å². The summed E-state index contributed by atoms with van der Waals surface area (Å²) < 4.78 is 33.8. The Bertz CT molecular complexity index is 360. The maximum absolute atomic E-state index is 6.14. The zero-order valence-corrected chi connectivity index (χ0v) is 12.8. The van der Waals surface area contributed by atoms with Crippen LogP contribution >= 0.6 is 0 Å². The van der Waals surface area contributed by atoms with Crippen LogP contribution < -0.4 is 0 Å². The van der Waals surface area contributed by atoms with Crippen LogP contribution in [0.3, 0.4) is 0 Å². The highest BCUT2D eigenvalue weighted by atomic mass is 16.8. The van der Waals surface area contributed by atoms with Gasteiger partial charge in [0.15, 0.2) is 0 Å². The molecule has 116 valence electrons. The van der Waals surface area contributed by atoms with Crippen LogP contribution in [0, 0.1) is 0 Å². The van der Waals surface area contributed by atoms with Gasteiger partial charge in [-0.25, -0.2) is 0 Å². The van der Waals surface area contributed by atoms with Gasteiger partial charge in [0.1, 0.15) is 19.0 Å². The van der Waals surface area contributed by atoms with Gasteiger partial charge in [-0.15, -0.1) is 0 Å². The van der Waals surface area contributed by atoms with Crippen LogP contribution in [-0.2, 0) is 28.4 Å². The SMILES string of the molecule is COCO[C@@H]1CC=C[C@H]2O[C@@](C)(OC)[C@](C)(OC)O[C@H]21. The Labute approximate surface area is 119 Å². The summed E-state index contributed by atoms with van der Waals surface area (Å²) in [6.07, 6.45) is 4.11. The van der Waals surface area contributed by atoms with Crippen molar-refractivity contribution in [2.45, 2.75) is 50.2 Å². The molecule has 0 bridgehead atoms. The number of methoxy groups -OCH3 is 3. The molecule has 0 aromatic heterocycles. The lowest BCUT2D eigenvalue weighted by atomic mass is 9.94. The van der Waals surface area contributed by atoms with Gasteiger partial charge in [0.05, 0.1) is 6.10 Å². The molecule has 0 unspecified atom stereocenters. The maximum Gasteiger partial charge on any atom is 0.220 e. The normalized spacial score (nSPS) is 44.4. The van der Waals surface area contributed by atoms with Crippen molar-refractivity contribution in [1.82, 2.24) is 0 Å². The van der Waals surface area contributed by atoms with Gasteiger partial charge in [-0.2, -0.15) is 0 Å². The fourth-order valence-corrected chi connectivity index (χ4v) is 2.57. The van der Waals surface area contributed by atoms with Crippen LogP contribution in [-0.4, -0.2) is 58.0 Å². The third-order valence-corrected chi connectivity index (χ3v) is 4.11. The molecule has 1 saturated heterocycles.